The van der Waals surface area contributed by atoms with Crippen molar-refractivity contribution in [1.82, 2.24) is 0 Å². The van der Waals surface area contributed by atoms with Crippen molar-refractivity contribution in [2.75, 3.05) is 36.0 Å². The fraction of sp³-hybridized carbons (Fsp3) is 0.318. The Morgan fingerprint density at radius 1 is 0.966 bits per heavy atom. The summed E-state index contributed by atoms with van der Waals surface area (Å²) in [4.78, 5) is 41.6. The van der Waals surface area contributed by atoms with Crippen LogP contribution in [-0.4, -0.2) is 54.9 Å². The number of anilines is 2. The number of rotatable bonds is 4. The molecule has 2 aliphatic rings. The van der Waals surface area contributed by atoms with Gasteiger partial charge >= 0.3 is 0 Å². The molecule has 0 radical (unpaired) electrons. The molecule has 0 bridgehead atoms. The molecule has 29 heavy (non-hydrogen) atoms. The number of ketones is 1. The zero-order chi connectivity index (χ0) is 20.5. The molecule has 1 atom stereocenters. The second kappa shape index (κ2) is 7.67. The third kappa shape index (κ3) is 3.73. The van der Waals surface area contributed by atoms with Crippen molar-refractivity contribution < 1.29 is 24.4 Å². The van der Waals surface area contributed by atoms with Crippen LogP contribution in [0.5, 0.6) is 5.75 Å². The van der Waals surface area contributed by atoms with E-state index < -0.39 is 0 Å². The number of carbonyl (C=O) groups excluding carboxylic acids is 3. The van der Waals surface area contributed by atoms with E-state index in [9.17, 15) is 19.5 Å². The van der Waals surface area contributed by atoms with Gasteiger partial charge < -0.3 is 14.9 Å². The van der Waals surface area contributed by atoms with Crippen LogP contribution < -0.4 is 14.7 Å². The molecule has 2 saturated heterocycles. The van der Waals surface area contributed by atoms with E-state index in [1.807, 2.05) is 12.1 Å². The number of aromatic hydroxyl groups is 1. The number of nitrogens with zero attached hydrogens (tertiary/aromatic N) is 2. The van der Waals surface area contributed by atoms with Crippen molar-refractivity contribution in [1.29, 1.82) is 0 Å². The second-order valence-corrected chi connectivity index (χ2v) is 7.59. The summed E-state index contributed by atoms with van der Waals surface area (Å²) in [5.74, 6) is -0.170. The molecule has 0 unspecified atom stereocenters. The molecule has 0 spiro atoms. The van der Waals surface area contributed by atoms with Gasteiger partial charge in [0.25, 0.3) is 5.91 Å². The maximum absolute atomic E-state index is 13.0. The summed E-state index contributed by atoms with van der Waals surface area (Å²) < 4.78 is 0. The number of phenols is 1. The molecule has 0 saturated carbocycles. The summed E-state index contributed by atoms with van der Waals surface area (Å²) in [6, 6.07) is 13.4. The third-order valence-corrected chi connectivity index (χ3v) is 5.79. The minimum atomic E-state index is -0.364. The monoisotopic (exact) mass is 394 g/mol. The van der Waals surface area contributed by atoms with Gasteiger partial charge in [-0.15, -0.1) is 0 Å². The van der Waals surface area contributed by atoms with E-state index in [4.69, 9.17) is 0 Å². The largest absolute Gasteiger partial charge is 0.508 e. The molecule has 0 aromatic heterocycles. The number of amides is 2. The molecule has 2 amide bonds. The van der Waals surface area contributed by atoms with E-state index in [1.165, 1.54) is 11.8 Å². The van der Waals surface area contributed by atoms with Crippen molar-refractivity contribution in [3.63, 3.8) is 0 Å². The molecule has 2 aromatic carbocycles. The zero-order valence-electron chi connectivity index (χ0n) is 16.3. The Hall–Kier alpha value is -3.19. The first-order valence-electron chi connectivity index (χ1n) is 9.80. The van der Waals surface area contributed by atoms with E-state index in [2.05, 4.69) is 4.90 Å². The number of Topliss-reactive ketones (excluding diaryl/α,β-unsaturated/α-hetero) is 1. The van der Waals surface area contributed by atoms with Crippen LogP contribution >= 0.6 is 0 Å². The van der Waals surface area contributed by atoms with Gasteiger partial charge in [0.15, 0.2) is 11.8 Å². The van der Waals surface area contributed by atoms with Crippen LogP contribution in [-0.2, 0) is 9.59 Å². The normalized spacial score (nSPS) is 20.4. The Kier molecular flexibility index (Phi) is 5.07. The summed E-state index contributed by atoms with van der Waals surface area (Å²) in [6.07, 6.45) is 0.210. The summed E-state index contributed by atoms with van der Waals surface area (Å²) in [5, 5.41) is 9.44. The average molecular weight is 394 g/mol. The first-order valence-corrected chi connectivity index (χ1v) is 9.80. The lowest BCUT2D eigenvalue weighted by molar-refractivity contribution is -0.915. The highest BCUT2D eigenvalue weighted by atomic mass is 16.3. The van der Waals surface area contributed by atoms with Gasteiger partial charge in [0.05, 0.1) is 38.3 Å². The minimum Gasteiger partial charge on any atom is -0.508 e. The molecule has 4 rings (SSSR count). The Bertz CT molecular complexity index is 932. The van der Waals surface area contributed by atoms with Crippen LogP contribution in [0, 0.1) is 0 Å². The van der Waals surface area contributed by atoms with Crippen LogP contribution in [0.2, 0.25) is 0 Å². The number of piperazine rings is 1. The number of imide groups is 1. The van der Waals surface area contributed by atoms with Gasteiger partial charge in [-0.3, -0.25) is 14.4 Å². The molecule has 0 aliphatic carbocycles. The Morgan fingerprint density at radius 2 is 1.55 bits per heavy atom. The number of carbonyl (C=O) groups is 3. The molecule has 150 valence electrons. The maximum atomic E-state index is 13.0. The lowest BCUT2D eigenvalue weighted by Gasteiger charge is -2.35. The molecule has 2 aromatic rings. The molecular weight excluding hydrogens is 370 g/mol. The van der Waals surface area contributed by atoms with Crippen LogP contribution in [0.1, 0.15) is 23.7 Å². The van der Waals surface area contributed by atoms with Gasteiger partial charge in [0.2, 0.25) is 5.91 Å². The van der Waals surface area contributed by atoms with Crippen molar-refractivity contribution >= 4 is 29.0 Å². The lowest BCUT2D eigenvalue weighted by Crippen LogP contribution is -3.19. The number of phenolic OH excluding ortho intramolecular Hbond substituents is 1. The van der Waals surface area contributed by atoms with Crippen molar-refractivity contribution in [2.24, 2.45) is 0 Å². The van der Waals surface area contributed by atoms with Crippen LogP contribution in [0.15, 0.2) is 48.5 Å². The van der Waals surface area contributed by atoms with Crippen molar-refractivity contribution in [3.8, 4) is 5.75 Å². The lowest BCUT2D eigenvalue weighted by atomic mass is 10.1. The number of benzene rings is 2. The SMILES string of the molecule is CC(=O)c1ccc(N2C(=O)C[C@@H]([NH+]3CCN(c4ccc(O)cc4)CC3)C2=O)cc1. The fourth-order valence-corrected chi connectivity index (χ4v) is 4.13. The molecule has 2 fully saturated rings. The Balaban J connectivity index is 1.42. The summed E-state index contributed by atoms with van der Waals surface area (Å²) in [7, 11) is 0. The predicted molar refractivity (Wildman–Crippen MR) is 108 cm³/mol. The number of nitrogens with one attached hydrogen (secondary N) is 1. The van der Waals surface area contributed by atoms with E-state index in [0.717, 1.165) is 36.8 Å². The summed E-state index contributed by atoms with van der Waals surface area (Å²) in [6.45, 7) is 4.58. The van der Waals surface area contributed by atoms with Gasteiger partial charge in [-0.1, -0.05) is 0 Å². The Morgan fingerprint density at radius 3 is 2.14 bits per heavy atom. The molecular formula is C22H24N3O4+. The van der Waals surface area contributed by atoms with Gasteiger partial charge in [-0.25, -0.2) is 4.90 Å². The first kappa shape index (κ1) is 19.1. The van der Waals surface area contributed by atoms with Crippen molar-refractivity contribution in [3.05, 3.63) is 54.1 Å². The minimum absolute atomic E-state index is 0.0514. The van der Waals surface area contributed by atoms with Crippen LogP contribution in [0.3, 0.4) is 0 Å². The summed E-state index contributed by atoms with van der Waals surface area (Å²) in [5.41, 5.74) is 2.12. The fourth-order valence-electron chi connectivity index (χ4n) is 4.13. The highest BCUT2D eigenvalue weighted by Crippen LogP contribution is 2.23. The standard InChI is InChI=1S/C22H23N3O4/c1-15(26)16-2-4-18(5-3-16)25-21(28)14-20(22(25)29)24-12-10-23(11-13-24)17-6-8-19(27)9-7-17/h2-9,20,27H,10-14H2,1H3/p+1/t20-/m1/s1. The molecule has 2 aliphatic heterocycles. The predicted octanol–water partition coefficient (Wildman–Crippen LogP) is 0.632. The molecule has 7 heteroatoms. The van der Waals surface area contributed by atoms with E-state index >= 15 is 0 Å². The van der Waals surface area contributed by atoms with Gasteiger partial charge in [-0.05, 0) is 55.5 Å². The number of hydrogen-bond donors (Lipinski definition) is 2. The van der Waals surface area contributed by atoms with Gasteiger partial charge in [0, 0.05) is 11.3 Å². The van der Waals surface area contributed by atoms with Gasteiger partial charge in [-0.2, -0.15) is 0 Å². The number of quaternary nitrogens is 1. The maximum Gasteiger partial charge on any atom is 0.292 e. The summed E-state index contributed by atoms with van der Waals surface area (Å²) >= 11 is 0. The molecule has 2 heterocycles. The first-order chi connectivity index (χ1) is 13.9. The van der Waals surface area contributed by atoms with E-state index in [1.54, 1.807) is 36.4 Å². The Labute approximate surface area is 169 Å². The third-order valence-electron chi connectivity index (χ3n) is 5.79. The quantitative estimate of drug-likeness (QED) is 0.587. The van der Waals surface area contributed by atoms with Crippen molar-refractivity contribution in [2.45, 2.75) is 19.4 Å². The smallest absolute Gasteiger partial charge is 0.292 e. The second-order valence-electron chi connectivity index (χ2n) is 7.59. The zero-order valence-corrected chi connectivity index (χ0v) is 16.3. The van der Waals surface area contributed by atoms with Crippen LogP contribution in [0.25, 0.3) is 0 Å². The highest BCUT2D eigenvalue weighted by Gasteiger charge is 2.46. The van der Waals surface area contributed by atoms with E-state index in [-0.39, 0.29) is 35.8 Å². The average Bonchev–Trinajstić information content (AvgIpc) is 3.03. The van der Waals surface area contributed by atoms with Gasteiger partial charge in [0.1, 0.15) is 5.75 Å². The highest BCUT2D eigenvalue weighted by molar-refractivity contribution is 6.22. The van der Waals surface area contributed by atoms with E-state index in [0.29, 0.717) is 11.3 Å². The molecule has 2 N–H and O–H groups in total. The topological polar surface area (TPSA) is 82.4 Å². The number of hydrogen-bond acceptors (Lipinski definition) is 5. The molecule has 7 nitrogen and oxygen atoms in total. The van der Waals surface area contributed by atoms with Crippen LogP contribution in [0.4, 0.5) is 11.4 Å².